The van der Waals surface area contributed by atoms with Crippen molar-refractivity contribution in [2.45, 2.75) is 13.3 Å². The molecule has 0 bridgehead atoms. The van der Waals surface area contributed by atoms with Crippen LogP contribution in [0.2, 0.25) is 0 Å². The molecule has 1 saturated heterocycles. The zero-order valence-electron chi connectivity index (χ0n) is 16.4. The fraction of sp³-hybridized carbons (Fsp3) is 0.273. The van der Waals surface area contributed by atoms with Gasteiger partial charge in [0, 0.05) is 13.0 Å². The van der Waals surface area contributed by atoms with Gasteiger partial charge in [-0.25, -0.2) is 4.90 Å². The summed E-state index contributed by atoms with van der Waals surface area (Å²) in [5.74, 6) is -1.98. The number of fused-ring (bicyclic) bond motifs is 1. The number of hydrogen-bond donors (Lipinski definition) is 0. The summed E-state index contributed by atoms with van der Waals surface area (Å²) in [5, 5.41) is 0. The monoisotopic (exact) mass is 408 g/mol. The molecule has 0 aliphatic carbocycles. The third-order valence-corrected chi connectivity index (χ3v) is 5.13. The molecule has 2 aliphatic heterocycles. The molecule has 0 aromatic heterocycles. The highest BCUT2D eigenvalue weighted by Gasteiger charge is 2.39. The van der Waals surface area contributed by atoms with E-state index in [1.54, 1.807) is 42.5 Å². The Bertz CT molecular complexity index is 999. The molecule has 2 aliphatic rings. The standard InChI is InChI=1S/C22H20N2O6/c1-2-29-18-10-6-5-9-17(18)23-12-14(11-19(23)25)22(28)30-13-24-20(26)15-7-3-4-8-16(15)21(24)27/h3-10,14H,2,11-13H2,1H3/t14-/m0/s1. The second kappa shape index (κ2) is 7.98. The molecule has 1 atom stereocenters. The molecule has 2 aromatic carbocycles. The van der Waals surface area contributed by atoms with E-state index in [9.17, 15) is 19.2 Å². The van der Waals surface area contributed by atoms with Gasteiger partial charge < -0.3 is 14.4 Å². The number of anilines is 1. The Balaban J connectivity index is 1.41. The van der Waals surface area contributed by atoms with Gasteiger partial charge in [0.1, 0.15) is 5.75 Å². The van der Waals surface area contributed by atoms with Crippen LogP contribution in [-0.4, -0.2) is 48.5 Å². The maximum atomic E-state index is 12.5. The van der Waals surface area contributed by atoms with Crippen LogP contribution < -0.4 is 9.64 Å². The summed E-state index contributed by atoms with van der Waals surface area (Å²) in [6.45, 7) is 1.96. The molecule has 154 valence electrons. The van der Waals surface area contributed by atoms with Gasteiger partial charge >= 0.3 is 5.97 Å². The van der Waals surface area contributed by atoms with Crippen LogP contribution in [0.1, 0.15) is 34.1 Å². The Morgan fingerprint density at radius 1 is 1.00 bits per heavy atom. The zero-order chi connectivity index (χ0) is 21.3. The van der Waals surface area contributed by atoms with E-state index in [2.05, 4.69) is 0 Å². The first-order valence-corrected chi connectivity index (χ1v) is 9.65. The van der Waals surface area contributed by atoms with Gasteiger partial charge in [-0.3, -0.25) is 19.2 Å². The Kier molecular flexibility index (Phi) is 5.22. The molecule has 3 amide bonds. The molecule has 30 heavy (non-hydrogen) atoms. The lowest BCUT2D eigenvalue weighted by Gasteiger charge is -2.20. The van der Waals surface area contributed by atoms with Crippen molar-refractivity contribution in [1.29, 1.82) is 0 Å². The number of carbonyl (C=O) groups excluding carboxylic acids is 4. The molecular weight excluding hydrogens is 388 g/mol. The molecule has 2 heterocycles. The predicted molar refractivity (Wildman–Crippen MR) is 106 cm³/mol. The summed E-state index contributed by atoms with van der Waals surface area (Å²) < 4.78 is 10.8. The van der Waals surface area contributed by atoms with Crippen LogP contribution in [0.15, 0.2) is 48.5 Å². The molecule has 1 fully saturated rings. The molecule has 0 unspecified atom stereocenters. The fourth-order valence-electron chi connectivity index (χ4n) is 3.66. The van der Waals surface area contributed by atoms with Crippen LogP contribution in [0, 0.1) is 5.92 Å². The molecule has 8 heteroatoms. The van der Waals surface area contributed by atoms with Crippen LogP contribution in [0.3, 0.4) is 0 Å². The molecule has 0 spiro atoms. The Hall–Kier alpha value is -3.68. The summed E-state index contributed by atoms with van der Waals surface area (Å²) >= 11 is 0. The second-order valence-electron chi connectivity index (χ2n) is 6.98. The van der Waals surface area contributed by atoms with Crippen LogP contribution in [0.5, 0.6) is 5.75 Å². The number of para-hydroxylation sites is 2. The highest BCUT2D eigenvalue weighted by Crippen LogP contribution is 2.33. The SMILES string of the molecule is CCOc1ccccc1N1C[C@@H](C(=O)OCN2C(=O)c3ccccc3C2=O)CC1=O. The van der Waals surface area contributed by atoms with Gasteiger partial charge in [-0.15, -0.1) is 0 Å². The number of benzene rings is 2. The number of imide groups is 1. The Labute approximate surface area is 173 Å². The van der Waals surface area contributed by atoms with Crippen LogP contribution in [-0.2, 0) is 14.3 Å². The van der Waals surface area contributed by atoms with Gasteiger partial charge in [0.25, 0.3) is 11.8 Å². The van der Waals surface area contributed by atoms with Crippen molar-refractivity contribution < 1.29 is 28.7 Å². The van der Waals surface area contributed by atoms with Crippen LogP contribution in [0.4, 0.5) is 5.69 Å². The fourth-order valence-corrected chi connectivity index (χ4v) is 3.66. The molecule has 4 rings (SSSR count). The maximum Gasteiger partial charge on any atom is 0.313 e. The van der Waals surface area contributed by atoms with E-state index in [0.29, 0.717) is 18.0 Å². The summed E-state index contributed by atoms with van der Waals surface area (Å²) in [6.07, 6.45) is -0.0125. The quantitative estimate of drug-likeness (QED) is 0.538. The van der Waals surface area contributed by atoms with Gasteiger partial charge in [0.05, 0.1) is 29.3 Å². The van der Waals surface area contributed by atoms with Crippen molar-refractivity contribution in [1.82, 2.24) is 4.90 Å². The van der Waals surface area contributed by atoms with E-state index in [4.69, 9.17) is 9.47 Å². The number of hydrogen-bond acceptors (Lipinski definition) is 6. The summed E-state index contributed by atoms with van der Waals surface area (Å²) in [6, 6.07) is 13.6. The highest BCUT2D eigenvalue weighted by molar-refractivity contribution is 6.21. The number of nitrogens with zero attached hydrogens (tertiary/aromatic N) is 2. The topological polar surface area (TPSA) is 93.2 Å². The van der Waals surface area contributed by atoms with E-state index in [-0.39, 0.29) is 30.0 Å². The average Bonchev–Trinajstić information content (AvgIpc) is 3.25. The minimum atomic E-state index is -0.692. The molecule has 0 saturated carbocycles. The lowest BCUT2D eigenvalue weighted by Crippen LogP contribution is -2.35. The minimum Gasteiger partial charge on any atom is -0.492 e. The second-order valence-corrected chi connectivity index (χ2v) is 6.98. The molecule has 0 radical (unpaired) electrons. The first-order chi connectivity index (χ1) is 14.5. The first-order valence-electron chi connectivity index (χ1n) is 9.65. The number of rotatable bonds is 6. The van der Waals surface area contributed by atoms with Gasteiger partial charge in [0.2, 0.25) is 5.91 Å². The van der Waals surface area contributed by atoms with E-state index in [1.165, 1.54) is 4.90 Å². The third kappa shape index (κ3) is 3.41. The lowest BCUT2D eigenvalue weighted by atomic mass is 10.1. The van der Waals surface area contributed by atoms with Crippen molar-refractivity contribution in [2.75, 3.05) is 24.8 Å². The maximum absolute atomic E-state index is 12.5. The van der Waals surface area contributed by atoms with E-state index in [0.717, 1.165) is 4.90 Å². The van der Waals surface area contributed by atoms with Crippen LogP contribution >= 0.6 is 0 Å². The molecule has 0 N–H and O–H groups in total. The van der Waals surface area contributed by atoms with Gasteiger partial charge in [0.15, 0.2) is 6.73 Å². The molecule has 8 nitrogen and oxygen atoms in total. The van der Waals surface area contributed by atoms with E-state index >= 15 is 0 Å². The van der Waals surface area contributed by atoms with Gasteiger partial charge in [-0.05, 0) is 31.2 Å². The van der Waals surface area contributed by atoms with Crippen LogP contribution in [0.25, 0.3) is 0 Å². The van der Waals surface area contributed by atoms with Crippen molar-refractivity contribution >= 4 is 29.4 Å². The normalized spacial score (nSPS) is 18.0. The van der Waals surface area contributed by atoms with Crippen molar-refractivity contribution in [2.24, 2.45) is 5.92 Å². The summed E-state index contributed by atoms with van der Waals surface area (Å²) in [7, 11) is 0. The highest BCUT2D eigenvalue weighted by atomic mass is 16.5. The van der Waals surface area contributed by atoms with Gasteiger partial charge in [-0.1, -0.05) is 24.3 Å². The Morgan fingerprint density at radius 2 is 1.63 bits per heavy atom. The molecular formula is C22H20N2O6. The first kappa shape index (κ1) is 19.6. The molecule has 2 aromatic rings. The summed E-state index contributed by atoms with van der Waals surface area (Å²) in [4.78, 5) is 52.2. The average molecular weight is 408 g/mol. The van der Waals surface area contributed by atoms with Gasteiger partial charge in [-0.2, -0.15) is 0 Å². The van der Waals surface area contributed by atoms with Crippen molar-refractivity contribution in [3.8, 4) is 5.75 Å². The lowest BCUT2D eigenvalue weighted by molar-refractivity contribution is -0.151. The van der Waals surface area contributed by atoms with Crippen molar-refractivity contribution in [3.05, 3.63) is 59.7 Å². The van der Waals surface area contributed by atoms with E-state index < -0.39 is 30.4 Å². The minimum absolute atomic E-state index is 0.0125. The van der Waals surface area contributed by atoms with Crippen molar-refractivity contribution in [3.63, 3.8) is 0 Å². The largest absolute Gasteiger partial charge is 0.492 e. The summed E-state index contributed by atoms with van der Waals surface area (Å²) in [5.41, 5.74) is 1.17. The smallest absolute Gasteiger partial charge is 0.313 e. The number of ether oxygens (including phenoxy) is 2. The number of carbonyl (C=O) groups is 4. The zero-order valence-corrected chi connectivity index (χ0v) is 16.4. The number of esters is 1. The Morgan fingerprint density at radius 3 is 2.30 bits per heavy atom. The van der Waals surface area contributed by atoms with E-state index in [1.807, 2.05) is 13.0 Å². The predicted octanol–water partition coefficient (Wildman–Crippen LogP) is 2.24. The number of amides is 3. The third-order valence-electron chi connectivity index (χ3n) is 5.13.